The number of β-lactam (4-membered cyclic amide) rings is 1. The Morgan fingerprint density at radius 1 is 1.68 bits per heavy atom. The highest BCUT2D eigenvalue weighted by atomic mass is 32.2. The van der Waals surface area contributed by atoms with Crippen molar-refractivity contribution in [1.82, 2.24) is 4.90 Å². The van der Waals surface area contributed by atoms with Crippen LogP contribution in [-0.4, -0.2) is 45.7 Å². The van der Waals surface area contributed by atoms with E-state index in [9.17, 15) is 14.7 Å². The molecule has 0 aliphatic carbocycles. The summed E-state index contributed by atoms with van der Waals surface area (Å²) in [6.07, 6.45) is 3.97. The maximum Gasteiger partial charge on any atom is 0.352 e. The minimum absolute atomic E-state index is 0.0202. The van der Waals surface area contributed by atoms with Crippen molar-refractivity contribution in [2.24, 2.45) is 5.73 Å². The molecule has 1 fully saturated rings. The Bertz CT molecular complexity index is 461. The third-order valence-electron chi connectivity index (χ3n) is 2.93. The fraction of sp³-hybridized carbons (Fsp3) is 0.500. The van der Waals surface area contributed by atoms with Gasteiger partial charge < -0.3 is 15.6 Å². The minimum atomic E-state index is -1.11. The van der Waals surface area contributed by atoms with Crippen LogP contribution in [0.3, 0.4) is 0 Å². The molecule has 2 aliphatic heterocycles. The summed E-state index contributed by atoms with van der Waals surface area (Å²) in [6, 6.07) is -0.596. The Kier molecular flexibility index (Phi) is 4.16. The first-order valence-corrected chi connectivity index (χ1v) is 7.07. The van der Waals surface area contributed by atoms with E-state index in [1.807, 2.05) is 6.92 Å². The SMILES string of the molecule is CCCOC=CC1=C(C(=O)O)N2C(=O)C(N)[C@H]2SC1. The lowest BCUT2D eigenvalue weighted by Gasteiger charge is -2.47. The number of aliphatic carboxylic acids is 1. The molecule has 7 heteroatoms. The zero-order valence-electron chi connectivity index (χ0n) is 10.5. The van der Waals surface area contributed by atoms with Gasteiger partial charge >= 0.3 is 5.97 Å². The summed E-state index contributed by atoms with van der Waals surface area (Å²) in [7, 11) is 0. The first kappa shape index (κ1) is 14.0. The quantitative estimate of drug-likeness (QED) is 0.434. The van der Waals surface area contributed by atoms with Crippen molar-refractivity contribution in [3.8, 4) is 0 Å². The Labute approximate surface area is 115 Å². The number of ether oxygens (including phenoxy) is 1. The van der Waals surface area contributed by atoms with Gasteiger partial charge in [0.1, 0.15) is 17.1 Å². The van der Waals surface area contributed by atoms with Crippen molar-refractivity contribution < 1.29 is 19.4 Å². The molecule has 0 saturated carbocycles. The third kappa shape index (κ3) is 2.48. The van der Waals surface area contributed by atoms with Crippen LogP contribution in [0.1, 0.15) is 13.3 Å². The standard InChI is InChI=1S/C12H16N2O4S/c1-2-4-18-5-3-7-6-19-11-8(13)10(15)14(11)9(7)12(16)17/h3,5,8,11H,2,4,6,13H2,1H3,(H,16,17)/t8?,11-/m1/s1. The van der Waals surface area contributed by atoms with E-state index < -0.39 is 12.0 Å². The van der Waals surface area contributed by atoms with Gasteiger partial charge in [0.05, 0.1) is 12.9 Å². The summed E-state index contributed by atoms with van der Waals surface area (Å²) in [5.41, 5.74) is 6.25. The molecular formula is C12H16N2O4S. The number of fused-ring (bicyclic) bond motifs is 1. The van der Waals surface area contributed by atoms with Gasteiger partial charge in [-0.1, -0.05) is 6.92 Å². The second kappa shape index (κ2) is 5.66. The van der Waals surface area contributed by atoms with Gasteiger partial charge in [0.15, 0.2) is 0 Å². The number of hydrogen-bond acceptors (Lipinski definition) is 5. The van der Waals surface area contributed by atoms with Crippen molar-refractivity contribution in [1.29, 1.82) is 0 Å². The highest BCUT2D eigenvalue weighted by molar-refractivity contribution is 8.00. The molecule has 1 amide bonds. The predicted octanol–water partition coefficient (Wildman–Crippen LogP) is 0.508. The van der Waals surface area contributed by atoms with Crippen LogP contribution in [0.2, 0.25) is 0 Å². The number of nitrogens with two attached hydrogens (primary N) is 1. The smallest absolute Gasteiger partial charge is 0.352 e. The summed E-state index contributed by atoms with van der Waals surface area (Å²) < 4.78 is 5.20. The molecule has 0 radical (unpaired) electrons. The average molecular weight is 284 g/mol. The number of carbonyl (C=O) groups excluding carboxylic acids is 1. The molecule has 2 rings (SSSR count). The van der Waals surface area contributed by atoms with E-state index in [4.69, 9.17) is 10.5 Å². The van der Waals surface area contributed by atoms with E-state index >= 15 is 0 Å². The molecule has 0 aromatic rings. The molecule has 0 bridgehead atoms. The predicted molar refractivity (Wildman–Crippen MR) is 71.1 cm³/mol. The zero-order valence-corrected chi connectivity index (χ0v) is 11.4. The minimum Gasteiger partial charge on any atom is -0.501 e. The van der Waals surface area contributed by atoms with Gasteiger partial charge in [0, 0.05) is 5.75 Å². The van der Waals surface area contributed by atoms with Crippen LogP contribution in [0.25, 0.3) is 0 Å². The molecule has 19 heavy (non-hydrogen) atoms. The van der Waals surface area contributed by atoms with Gasteiger partial charge in [-0.15, -0.1) is 11.8 Å². The molecular weight excluding hydrogens is 268 g/mol. The second-order valence-electron chi connectivity index (χ2n) is 4.29. The maximum atomic E-state index is 11.7. The Morgan fingerprint density at radius 3 is 3.05 bits per heavy atom. The number of rotatable bonds is 5. The van der Waals surface area contributed by atoms with Crippen molar-refractivity contribution in [2.45, 2.75) is 24.8 Å². The van der Waals surface area contributed by atoms with Crippen LogP contribution in [0.4, 0.5) is 0 Å². The zero-order chi connectivity index (χ0) is 14.0. The average Bonchev–Trinajstić information content (AvgIpc) is 2.41. The summed E-state index contributed by atoms with van der Waals surface area (Å²) in [5, 5.41) is 9.00. The molecule has 6 nitrogen and oxygen atoms in total. The molecule has 0 aromatic carbocycles. The maximum absolute atomic E-state index is 11.7. The number of carboxylic acid groups (broad SMARTS) is 1. The Hall–Kier alpha value is -1.47. The third-order valence-corrected chi connectivity index (χ3v) is 4.25. The molecule has 3 N–H and O–H groups in total. The van der Waals surface area contributed by atoms with Gasteiger partial charge in [-0.05, 0) is 18.1 Å². The van der Waals surface area contributed by atoms with Gasteiger partial charge in [0.25, 0.3) is 0 Å². The number of carbonyl (C=O) groups is 2. The summed E-state index contributed by atoms with van der Waals surface area (Å²) in [6.45, 7) is 2.56. The van der Waals surface area contributed by atoms with E-state index in [1.54, 1.807) is 6.08 Å². The number of amides is 1. The number of hydrogen-bond donors (Lipinski definition) is 2. The van der Waals surface area contributed by atoms with Crippen molar-refractivity contribution in [2.75, 3.05) is 12.4 Å². The lowest BCUT2D eigenvalue weighted by molar-refractivity contribution is -0.147. The van der Waals surface area contributed by atoms with Crippen molar-refractivity contribution in [3.63, 3.8) is 0 Å². The normalized spacial score (nSPS) is 26.4. The van der Waals surface area contributed by atoms with E-state index in [0.717, 1.165) is 6.42 Å². The highest BCUT2D eigenvalue weighted by Crippen LogP contribution is 2.39. The number of thioether (sulfide) groups is 1. The van der Waals surface area contributed by atoms with E-state index in [2.05, 4.69) is 0 Å². The van der Waals surface area contributed by atoms with E-state index in [1.165, 1.54) is 22.9 Å². The topological polar surface area (TPSA) is 92.9 Å². The van der Waals surface area contributed by atoms with Gasteiger partial charge in [-0.3, -0.25) is 9.69 Å². The molecule has 104 valence electrons. The highest BCUT2D eigenvalue weighted by Gasteiger charge is 2.51. The summed E-state index contributed by atoms with van der Waals surface area (Å²) in [5.74, 6) is -0.939. The fourth-order valence-electron chi connectivity index (χ4n) is 1.98. The second-order valence-corrected chi connectivity index (χ2v) is 5.39. The van der Waals surface area contributed by atoms with Gasteiger partial charge in [-0.2, -0.15) is 0 Å². The van der Waals surface area contributed by atoms with Gasteiger partial charge in [0.2, 0.25) is 5.91 Å². The molecule has 0 aromatic heterocycles. The van der Waals surface area contributed by atoms with E-state index in [-0.39, 0.29) is 17.0 Å². The van der Waals surface area contributed by atoms with Crippen LogP contribution in [-0.2, 0) is 14.3 Å². The van der Waals surface area contributed by atoms with Crippen molar-refractivity contribution in [3.05, 3.63) is 23.6 Å². The molecule has 1 unspecified atom stereocenters. The first-order chi connectivity index (χ1) is 9.07. The molecule has 2 atom stereocenters. The van der Waals surface area contributed by atoms with Crippen LogP contribution in [0.5, 0.6) is 0 Å². The molecule has 2 heterocycles. The van der Waals surface area contributed by atoms with Crippen LogP contribution >= 0.6 is 11.8 Å². The van der Waals surface area contributed by atoms with Crippen LogP contribution < -0.4 is 5.73 Å². The number of allylic oxidation sites excluding steroid dienone is 1. The van der Waals surface area contributed by atoms with E-state index in [0.29, 0.717) is 17.9 Å². The lowest BCUT2D eigenvalue weighted by Crippen LogP contribution is -2.68. The monoisotopic (exact) mass is 284 g/mol. The Morgan fingerprint density at radius 2 is 2.42 bits per heavy atom. The first-order valence-electron chi connectivity index (χ1n) is 6.02. The molecule has 2 aliphatic rings. The summed E-state index contributed by atoms with van der Waals surface area (Å²) >= 11 is 1.47. The number of nitrogens with zero attached hydrogens (tertiary/aromatic N) is 1. The fourth-order valence-corrected chi connectivity index (χ4v) is 3.25. The van der Waals surface area contributed by atoms with Gasteiger partial charge in [-0.25, -0.2) is 4.79 Å². The summed E-state index contributed by atoms with van der Waals surface area (Å²) in [4.78, 5) is 24.3. The largest absolute Gasteiger partial charge is 0.501 e. The lowest BCUT2D eigenvalue weighted by atomic mass is 10.0. The van der Waals surface area contributed by atoms with Crippen molar-refractivity contribution >= 4 is 23.6 Å². The molecule has 0 spiro atoms. The molecule has 1 saturated heterocycles. The van der Waals surface area contributed by atoms with Crippen LogP contribution in [0, 0.1) is 0 Å². The van der Waals surface area contributed by atoms with Crippen LogP contribution in [0.15, 0.2) is 23.6 Å². The Balaban J connectivity index is 2.20. The number of carboxylic acids is 1.